The summed E-state index contributed by atoms with van der Waals surface area (Å²) in [6.45, 7) is 2.05. The van der Waals surface area contributed by atoms with Crippen LogP contribution in [0.2, 0.25) is 0 Å². The Labute approximate surface area is 109 Å². The van der Waals surface area contributed by atoms with E-state index < -0.39 is 0 Å². The van der Waals surface area contributed by atoms with Crippen LogP contribution in [0.5, 0.6) is 0 Å². The van der Waals surface area contributed by atoms with Crippen LogP contribution in [0.4, 0.5) is 0 Å². The Balaban J connectivity index is 2.11. The van der Waals surface area contributed by atoms with Gasteiger partial charge < -0.3 is 10.6 Å². The lowest BCUT2D eigenvalue weighted by atomic mass is 10.1. The summed E-state index contributed by atoms with van der Waals surface area (Å²) >= 11 is 0. The number of fused-ring (bicyclic) bond motifs is 1. The highest BCUT2D eigenvalue weighted by Gasteiger charge is 2.30. The third-order valence-corrected chi connectivity index (χ3v) is 3.83. The molecule has 0 radical (unpaired) electrons. The maximum absolute atomic E-state index is 12.2. The minimum atomic E-state index is -0.354. The fraction of sp³-hybridized carbons (Fsp3) is 0.533. The second-order valence-corrected chi connectivity index (χ2v) is 5.10. The molecule has 1 aromatic rings. The first-order valence-corrected chi connectivity index (χ1v) is 6.75. The van der Waals surface area contributed by atoms with Gasteiger partial charge in [0, 0.05) is 7.05 Å². The smallest absolute Gasteiger partial charge is 0.239 e. The third kappa shape index (κ3) is 2.41. The number of aryl methyl sites for hydroxylation is 1. The summed E-state index contributed by atoms with van der Waals surface area (Å²) < 4.78 is 0. The summed E-state index contributed by atoms with van der Waals surface area (Å²) in [4.78, 5) is 14.1. The van der Waals surface area contributed by atoms with Crippen molar-refractivity contribution in [3.8, 4) is 0 Å². The topological polar surface area (TPSA) is 46.3 Å². The summed E-state index contributed by atoms with van der Waals surface area (Å²) in [6, 6.07) is 8.24. The molecule has 0 saturated heterocycles. The van der Waals surface area contributed by atoms with Gasteiger partial charge in [-0.15, -0.1) is 0 Å². The van der Waals surface area contributed by atoms with Gasteiger partial charge in [-0.05, 0) is 30.4 Å². The molecule has 0 bridgehead atoms. The zero-order valence-electron chi connectivity index (χ0n) is 11.2. The van der Waals surface area contributed by atoms with Gasteiger partial charge >= 0.3 is 0 Å². The van der Waals surface area contributed by atoms with Crippen molar-refractivity contribution in [2.75, 3.05) is 7.05 Å². The molecule has 2 atom stereocenters. The number of nitrogens with two attached hydrogens (primary N) is 1. The van der Waals surface area contributed by atoms with E-state index in [2.05, 4.69) is 25.1 Å². The number of carbonyl (C=O) groups is 1. The number of nitrogens with zero attached hydrogens (tertiary/aromatic N) is 1. The maximum atomic E-state index is 12.2. The van der Waals surface area contributed by atoms with E-state index in [9.17, 15) is 4.79 Å². The Hall–Kier alpha value is -1.35. The quantitative estimate of drug-likeness (QED) is 0.885. The second kappa shape index (κ2) is 5.53. The molecule has 0 aromatic heterocycles. The lowest BCUT2D eigenvalue weighted by Crippen LogP contribution is -2.42. The van der Waals surface area contributed by atoms with Crippen molar-refractivity contribution in [1.82, 2.24) is 4.90 Å². The minimum absolute atomic E-state index is 0.0681. The molecule has 2 rings (SSSR count). The van der Waals surface area contributed by atoms with Gasteiger partial charge in [0.2, 0.25) is 5.91 Å². The molecule has 3 heteroatoms. The lowest BCUT2D eigenvalue weighted by molar-refractivity contribution is -0.133. The largest absolute Gasteiger partial charge is 0.337 e. The summed E-state index contributed by atoms with van der Waals surface area (Å²) in [5.74, 6) is 0.0681. The van der Waals surface area contributed by atoms with Gasteiger partial charge in [-0.2, -0.15) is 0 Å². The zero-order chi connectivity index (χ0) is 13.1. The van der Waals surface area contributed by atoms with Crippen molar-refractivity contribution in [3.05, 3.63) is 35.4 Å². The number of amides is 1. The molecular formula is C15H22N2O. The molecule has 0 fully saturated rings. The third-order valence-electron chi connectivity index (χ3n) is 3.83. The number of benzene rings is 1. The highest BCUT2D eigenvalue weighted by atomic mass is 16.2. The number of carbonyl (C=O) groups excluding carboxylic acids is 1. The first-order valence-electron chi connectivity index (χ1n) is 6.75. The average Bonchev–Trinajstić information content (AvgIpc) is 2.81. The Morgan fingerprint density at radius 1 is 1.50 bits per heavy atom. The minimum Gasteiger partial charge on any atom is -0.337 e. The van der Waals surface area contributed by atoms with Crippen molar-refractivity contribution < 1.29 is 4.79 Å². The zero-order valence-corrected chi connectivity index (χ0v) is 11.2. The van der Waals surface area contributed by atoms with Crippen LogP contribution in [-0.2, 0) is 11.2 Å². The van der Waals surface area contributed by atoms with Crippen LogP contribution in [0.15, 0.2) is 24.3 Å². The molecule has 0 aliphatic heterocycles. The van der Waals surface area contributed by atoms with E-state index in [1.165, 1.54) is 11.1 Å². The van der Waals surface area contributed by atoms with Crippen LogP contribution >= 0.6 is 0 Å². The summed E-state index contributed by atoms with van der Waals surface area (Å²) in [5, 5.41) is 0. The van der Waals surface area contributed by atoms with Gasteiger partial charge in [-0.3, -0.25) is 4.79 Å². The van der Waals surface area contributed by atoms with Crippen LogP contribution in [0.3, 0.4) is 0 Å². The van der Waals surface area contributed by atoms with Crippen LogP contribution in [0, 0.1) is 0 Å². The van der Waals surface area contributed by atoms with Gasteiger partial charge in [0.25, 0.3) is 0 Å². The Morgan fingerprint density at radius 2 is 2.22 bits per heavy atom. The Bertz CT molecular complexity index is 430. The molecule has 2 N–H and O–H groups in total. The molecule has 1 aliphatic carbocycles. The normalized spacial score (nSPS) is 19.4. The van der Waals surface area contributed by atoms with Gasteiger partial charge in [0.05, 0.1) is 12.1 Å². The molecule has 0 saturated carbocycles. The van der Waals surface area contributed by atoms with Gasteiger partial charge in [-0.25, -0.2) is 0 Å². The monoisotopic (exact) mass is 246 g/mol. The van der Waals surface area contributed by atoms with E-state index in [4.69, 9.17) is 5.73 Å². The van der Waals surface area contributed by atoms with Crippen LogP contribution in [0.25, 0.3) is 0 Å². The molecule has 1 aliphatic rings. The molecule has 98 valence electrons. The average molecular weight is 246 g/mol. The molecule has 0 heterocycles. The summed E-state index contributed by atoms with van der Waals surface area (Å²) in [7, 11) is 1.88. The number of hydrogen-bond donors (Lipinski definition) is 1. The number of rotatable bonds is 4. The molecule has 18 heavy (non-hydrogen) atoms. The van der Waals surface area contributed by atoms with Gasteiger partial charge in [0.1, 0.15) is 0 Å². The van der Waals surface area contributed by atoms with Crippen LogP contribution in [0.1, 0.15) is 43.4 Å². The van der Waals surface area contributed by atoms with Crippen molar-refractivity contribution >= 4 is 5.91 Å². The maximum Gasteiger partial charge on any atom is 0.239 e. The summed E-state index contributed by atoms with van der Waals surface area (Å²) in [6.07, 6.45) is 3.78. The predicted octanol–water partition coefficient (Wildman–Crippen LogP) is 2.26. The van der Waals surface area contributed by atoms with E-state index in [-0.39, 0.29) is 18.0 Å². The number of likely N-dealkylation sites (N-methyl/N-ethyl adjacent to an activating group) is 1. The molecule has 1 aromatic carbocycles. The predicted molar refractivity (Wildman–Crippen MR) is 73.2 cm³/mol. The van der Waals surface area contributed by atoms with E-state index in [1.807, 2.05) is 18.0 Å². The van der Waals surface area contributed by atoms with Crippen molar-refractivity contribution in [1.29, 1.82) is 0 Å². The van der Waals surface area contributed by atoms with Crippen LogP contribution in [-0.4, -0.2) is 23.9 Å². The van der Waals surface area contributed by atoms with E-state index >= 15 is 0 Å². The molecule has 1 unspecified atom stereocenters. The second-order valence-electron chi connectivity index (χ2n) is 5.10. The van der Waals surface area contributed by atoms with Crippen molar-refractivity contribution in [3.63, 3.8) is 0 Å². The first kappa shape index (κ1) is 13.1. The molecule has 1 amide bonds. The fourth-order valence-corrected chi connectivity index (χ4v) is 2.79. The highest BCUT2D eigenvalue weighted by molar-refractivity contribution is 5.82. The number of hydrogen-bond acceptors (Lipinski definition) is 2. The Morgan fingerprint density at radius 3 is 2.94 bits per heavy atom. The Kier molecular flexibility index (Phi) is 4.02. The van der Waals surface area contributed by atoms with Gasteiger partial charge in [0.15, 0.2) is 0 Å². The fourth-order valence-electron chi connectivity index (χ4n) is 2.79. The highest BCUT2D eigenvalue weighted by Crippen LogP contribution is 2.34. The van der Waals surface area contributed by atoms with E-state index in [0.717, 1.165) is 25.7 Å². The van der Waals surface area contributed by atoms with Crippen LogP contribution < -0.4 is 5.73 Å². The SMILES string of the molecule is CCC[C@H](N)C(=O)N(C)C1CCc2ccccc21. The lowest BCUT2D eigenvalue weighted by Gasteiger charge is -2.28. The van der Waals surface area contributed by atoms with E-state index in [1.54, 1.807) is 0 Å². The first-order chi connectivity index (χ1) is 8.65. The van der Waals surface area contributed by atoms with Crippen molar-refractivity contribution in [2.45, 2.75) is 44.7 Å². The van der Waals surface area contributed by atoms with Gasteiger partial charge in [-0.1, -0.05) is 37.6 Å². The molecule has 0 spiro atoms. The molecular weight excluding hydrogens is 224 g/mol. The van der Waals surface area contributed by atoms with E-state index in [0.29, 0.717) is 0 Å². The molecule has 3 nitrogen and oxygen atoms in total. The summed E-state index contributed by atoms with van der Waals surface area (Å²) in [5.41, 5.74) is 8.58. The van der Waals surface area contributed by atoms with Crippen molar-refractivity contribution in [2.24, 2.45) is 5.73 Å². The standard InChI is InChI=1S/C15H22N2O/c1-3-6-13(16)15(18)17(2)14-10-9-11-7-4-5-8-12(11)14/h4-5,7-8,13-14H,3,6,9-10,16H2,1-2H3/t13-,14?/m0/s1.